The third-order valence-corrected chi connectivity index (χ3v) is 7.14. The Kier molecular flexibility index (Phi) is 6.89. The predicted octanol–water partition coefficient (Wildman–Crippen LogP) is 6.87. The molecule has 1 aliphatic rings. The van der Waals surface area contributed by atoms with E-state index in [1.807, 2.05) is 72.8 Å². The molecule has 0 unspecified atom stereocenters. The first-order valence-electron chi connectivity index (χ1n) is 13.3. The summed E-state index contributed by atoms with van der Waals surface area (Å²) in [6.07, 6.45) is 3.23. The van der Waals surface area contributed by atoms with Crippen LogP contribution in [0.2, 0.25) is 0 Å². The molecule has 6 rings (SSSR count). The Morgan fingerprint density at radius 3 is 1.82 bits per heavy atom. The summed E-state index contributed by atoms with van der Waals surface area (Å²) in [5, 5.41) is 20.5. The van der Waals surface area contributed by atoms with Crippen molar-refractivity contribution in [2.24, 2.45) is 0 Å². The highest BCUT2D eigenvalue weighted by molar-refractivity contribution is 6.12. The molecule has 0 bridgehead atoms. The summed E-state index contributed by atoms with van der Waals surface area (Å²) >= 11 is 0. The van der Waals surface area contributed by atoms with Gasteiger partial charge in [-0.1, -0.05) is 18.2 Å². The number of amides is 1. The van der Waals surface area contributed by atoms with E-state index >= 15 is 0 Å². The molecule has 5 aromatic rings. The topological polar surface area (TPSA) is 92.4 Å². The van der Waals surface area contributed by atoms with E-state index in [1.54, 1.807) is 6.20 Å². The van der Waals surface area contributed by atoms with Gasteiger partial charge in [0.05, 0.1) is 11.7 Å². The molecular formula is C32H31N5O2. The van der Waals surface area contributed by atoms with Gasteiger partial charge in [-0.2, -0.15) is 0 Å². The summed E-state index contributed by atoms with van der Waals surface area (Å²) in [4.78, 5) is 18.2. The van der Waals surface area contributed by atoms with E-state index in [1.165, 1.54) is 5.69 Å². The lowest BCUT2D eigenvalue weighted by Gasteiger charge is -2.31. The number of carbonyl (C=O) groups is 1. The van der Waals surface area contributed by atoms with Gasteiger partial charge in [0.2, 0.25) is 0 Å². The van der Waals surface area contributed by atoms with E-state index in [2.05, 4.69) is 50.1 Å². The van der Waals surface area contributed by atoms with E-state index in [9.17, 15) is 9.90 Å². The third kappa shape index (κ3) is 5.73. The lowest BCUT2D eigenvalue weighted by molar-refractivity contribution is 0.102. The van der Waals surface area contributed by atoms with E-state index in [0.717, 1.165) is 65.3 Å². The molecule has 1 amide bonds. The molecule has 0 aliphatic carbocycles. The van der Waals surface area contributed by atoms with Crippen LogP contribution in [0.5, 0.6) is 0 Å². The Morgan fingerprint density at radius 2 is 1.23 bits per heavy atom. The van der Waals surface area contributed by atoms with Crippen LogP contribution < -0.4 is 20.9 Å². The van der Waals surface area contributed by atoms with Crippen molar-refractivity contribution in [1.82, 2.24) is 4.98 Å². The highest BCUT2D eigenvalue weighted by Crippen LogP contribution is 2.26. The normalized spacial score (nSPS) is 13.8. The number of para-hydroxylation sites is 1. The number of aromatic amines is 1. The van der Waals surface area contributed by atoms with E-state index in [-0.39, 0.29) is 12.0 Å². The number of anilines is 6. The maximum absolute atomic E-state index is 12.8. The Hall–Kier alpha value is -4.75. The van der Waals surface area contributed by atoms with Crippen LogP contribution in [0.3, 0.4) is 0 Å². The van der Waals surface area contributed by atoms with Gasteiger partial charge in [-0.05, 0) is 91.7 Å². The molecule has 0 spiro atoms. The van der Waals surface area contributed by atoms with E-state index in [4.69, 9.17) is 0 Å². The maximum Gasteiger partial charge on any atom is 0.257 e. The molecular weight excluding hydrogens is 486 g/mol. The summed E-state index contributed by atoms with van der Waals surface area (Å²) in [6.45, 7) is 1.79. The number of hydrogen-bond acceptors (Lipinski definition) is 5. The number of nitrogens with one attached hydrogen (secondary N) is 4. The molecule has 5 N–H and O–H groups in total. The number of carbonyl (C=O) groups excluding carboxylic acids is 1. The largest absolute Gasteiger partial charge is 0.393 e. The van der Waals surface area contributed by atoms with Gasteiger partial charge in [0, 0.05) is 64.3 Å². The van der Waals surface area contributed by atoms with Crippen LogP contribution in [-0.4, -0.2) is 35.2 Å². The standard InChI is InChI=1S/C32H31N5O2/c38-28-17-19-37(20-18-28)27-15-13-25(14-16-27)35-23-7-5-22(6-8-23)34-24-9-11-26(12-10-24)36-32(39)30-21-33-31-4-2-1-3-29(30)31/h1-16,21,28,33-35,38H,17-20H2,(H,36,39). The number of fused-ring (bicyclic) bond motifs is 1. The summed E-state index contributed by atoms with van der Waals surface area (Å²) in [5.41, 5.74) is 7.43. The molecule has 1 aromatic heterocycles. The SMILES string of the molecule is O=C(Nc1ccc(Nc2ccc(Nc3ccc(N4CCC(O)CC4)cc3)cc2)cc1)c1c[nH]c2ccccc12. The van der Waals surface area contributed by atoms with E-state index in [0.29, 0.717) is 5.56 Å². The van der Waals surface area contributed by atoms with Gasteiger partial charge < -0.3 is 30.9 Å². The van der Waals surface area contributed by atoms with Gasteiger partial charge in [-0.15, -0.1) is 0 Å². The second-order valence-electron chi connectivity index (χ2n) is 9.87. The van der Waals surface area contributed by atoms with Gasteiger partial charge >= 0.3 is 0 Å². The molecule has 1 saturated heterocycles. The number of benzene rings is 4. The van der Waals surface area contributed by atoms with Gasteiger partial charge in [-0.3, -0.25) is 4.79 Å². The maximum atomic E-state index is 12.8. The average molecular weight is 518 g/mol. The van der Waals surface area contributed by atoms with Crippen LogP contribution in [0.1, 0.15) is 23.2 Å². The molecule has 7 nitrogen and oxygen atoms in total. The Labute approximate surface area is 227 Å². The first kappa shape index (κ1) is 24.6. The molecule has 7 heteroatoms. The van der Waals surface area contributed by atoms with Crippen molar-refractivity contribution in [2.75, 3.05) is 33.9 Å². The molecule has 4 aromatic carbocycles. The number of hydrogen-bond donors (Lipinski definition) is 5. The fourth-order valence-electron chi connectivity index (χ4n) is 4.94. The zero-order valence-electron chi connectivity index (χ0n) is 21.5. The van der Waals surface area contributed by atoms with Gasteiger partial charge in [-0.25, -0.2) is 0 Å². The second kappa shape index (κ2) is 10.9. The average Bonchev–Trinajstić information content (AvgIpc) is 3.41. The van der Waals surface area contributed by atoms with Crippen LogP contribution in [0.15, 0.2) is 103 Å². The van der Waals surface area contributed by atoms with Gasteiger partial charge in [0.1, 0.15) is 0 Å². The minimum atomic E-state index is -0.164. The van der Waals surface area contributed by atoms with Gasteiger partial charge in [0.25, 0.3) is 5.91 Å². The minimum Gasteiger partial charge on any atom is -0.393 e. The van der Waals surface area contributed by atoms with Crippen LogP contribution >= 0.6 is 0 Å². The number of rotatable bonds is 7. The highest BCUT2D eigenvalue weighted by Gasteiger charge is 2.17. The van der Waals surface area contributed by atoms with Crippen molar-refractivity contribution in [3.05, 3.63) is 109 Å². The molecule has 39 heavy (non-hydrogen) atoms. The monoisotopic (exact) mass is 517 g/mol. The smallest absolute Gasteiger partial charge is 0.257 e. The number of nitrogens with zero attached hydrogens (tertiary/aromatic N) is 1. The Morgan fingerprint density at radius 1 is 0.718 bits per heavy atom. The highest BCUT2D eigenvalue weighted by atomic mass is 16.3. The lowest BCUT2D eigenvalue weighted by atomic mass is 10.1. The van der Waals surface area contributed by atoms with Crippen LogP contribution in [-0.2, 0) is 0 Å². The third-order valence-electron chi connectivity index (χ3n) is 7.14. The van der Waals surface area contributed by atoms with Crippen molar-refractivity contribution in [2.45, 2.75) is 18.9 Å². The number of aliphatic hydroxyl groups excluding tert-OH is 1. The minimum absolute atomic E-state index is 0.141. The number of piperidine rings is 1. The predicted molar refractivity (Wildman–Crippen MR) is 160 cm³/mol. The van der Waals surface area contributed by atoms with Crippen LogP contribution in [0.4, 0.5) is 34.1 Å². The summed E-state index contributed by atoms with van der Waals surface area (Å²) < 4.78 is 0. The quantitative estimate of drug-likeness (QED) is 0.163. The lowest BCUT2D eigenvalue weighted by Crippen LogP contribution is -2.35. The zero-order chi connectivity index (χ0) is 26.6. The zero-order valence-corrected chi connectivity index (χ0v) is 21.5. The first-order chi connectivity index (χ1) is 19.1. The molecule has 0 atom stereocenters. The Bertz CT molecular complexity index is 1550. The molecule has 196 valence electrons. The summed E-state index contributed by atoms with van der Waals surface area (Å²) in [6, 6.07) is 32.0. The number of H-pyrrole nitrogens is 1. The van der Waals surface area contributed by atoms with E-state index < -0.39 is 0 Å². The number of aromatic nitrogens is 1. The fourth-order valence-corrected chi connectivity index (χ4v) is 4.94. The van der Waals surface area contributed by atoms with Crippen molar-refractivity contribution in [1.29, 1.82) is 0 Å². The van der Waals surface area contributed by atoms with Crippen LogP contribution in [0.25, 0.3) is 10.9 Å². The van der Waals surface area contributed by atoms with Crippen molar-refractivity contribution >= 4 is 50.9 Å². The molecule has 1 fully saturated rings. The van der Waals surface area contributed by atoms with Crippen molar-refractivity contribution in [3.63, 3.8) is 0 Å². The molecule has 2 heterocycles. The molecule has 0 radical (unpaired) electrons. The first-order valence-corrected chi connectivity index (χ1v) is 13.3. The fraction of sp³-hybridized carbons (Fsp3) is 0.156. The summed E-state index contributed by atoms with van der Waals surface area (Å²) in [7, 11) is 0. The second-order valence-corrected chi connectivity index (χ2v) is 9.87. The van der Waals surface area contributed by atoms with Crippen molar-refractivity contribution < 1.29 is 9.90 Å². The molecule has 0 saturated carbocycles. The van der Waals surface area contributed by atoms with Crippen molar-refractivity contribution in [3.8, 4) is 0 Å². The number of aliphatic hydroxyl groups is 1. The Balaban J connectivity index is 1.03. The van der Waals surface area contributed by atoms with Crippen LogP contribution in [0, 0.1) is 0 Å². The van der Waals surface area contributed by atoms with Gasteiger partial charge in [0.15, 0.2) is 0 Å². The summed E-state index contributed by atoms with van der Waals surface area (Å²) in [5.74, 6) is -0.141. The molecule has 1 aliphatic heterocycles.